The van der Waals surface area contributed by atoms with E-state index in [4.69, 9.17) is 4.74 Å². The molecule has 0 bridgehead atoms. The van der Waals surface area contributed by atoms with Crippen LogP contribution in [0.4, 0.5) is 4.39 Å². The van der Waals surface area contributed by atoms with Crippen molar-refractivity contribution in [3.05, 3.63) is 72.0 Å². The van der Waals surface area contributed by atoms with Gasteiger partial charge in [-0.1, -0.05) is 44.0 Å². The zero-order valence-electron chi connectivity index (χ0n) is 18.0. The maximum atomic E-state index is 13.0. The van der Waals surface area contributed by atoms with Crippen LogP contribution in [-0.4, -0.2) is 39.9 Å². The summed E-state index contributed by atoms with van der Waals surface area (Å²) < 4.78 is 18.7. The van der Waals surface area contributed by atoms with Crippen molar-refractivity contribution in [3.63, 3.8) is 0 Å². The largest absolute Gasteiger partial charge is 0.507 e. The first-order valence-electron chi connectivity index (χ1n) is 10.9. The molecule has 0 saturated heterocycles. The first-order valence-corrected chi connectivity index (χ1v) is 10.9. The molecule has 1 N–H and O–H groups in total. The summed E-state index contributed by atoms with van der Waals surface area (Å²) in [6.45, 7) is 5.64. The second-order valence-corrected chi connectivity index (χ2v) is 7.53. The van der Waals surface area contributed by atoms with Crippen LogP contribution in [0, 0.1) is 5.82 Å². The van der Waals surface area contributed by atoms with Gasteiger partial charge in [0, 0.05) is 18.2 Å². The van der Waals surface area contributed by atoms with E-state index in [9.17, 15) is 9.50 Å². The Morgan fingerprint density at radius 1 is 0.903 bits per heavy atom. The maximum Gasteiger partial charge on any atom is 0.233 e. The fraction of sp³-hybridized carbons (Fsp3) is 0.360. The van der Waals surface area contributed by atoms with Gasteiger partial charge in [-0.25, -0.2) is 4.39 Å². The van der Waals surface area contributed by atoms with Crippen LogP contribution in [0.3, 0.4) is 0 Å². The topological polar surface area (TPSA) is 58.5 Å². The van der Waals surface area contributed by atoms with Crippen LogP contribution in [0.15, 0.2) is 60.7 Å². The zero-order chi connectivity index (χ0) is 21.9. The lowest BCUT2D eigenvalue weighted by molar-refractivity contribution is 0.265. The fourth-order valence-corrected chi connectivity index (χ4v) is 3.40. The summed E-state index contributed by atoms with van der Waals surface area (Å²) in [6, 6.07) is 17.4. The highest BCUT2D eigenvalue weighted by Gasteiger charge is 2.07. The number of phenols is 1. The minimum atomic E-state index is -0.188. The van der Waals surface area contributed by atoms with Crippen molar-refractivity contribution in [3.8, 4) is 22.9 Å². The molecule has 0 spiro atoms. The van der Waals surface area contributed by atoms with Crippen molar-refractivity contribution in [2.45, 2.75) is 39.2 Å². The Morgan fingerprint density at radius 2 is 1.68 bits per heavy atom. The molecule has 2 aromatic carbocycles. The van der Waals surface area contributed by atoms with Crippen molar-refractivity contribution >= 4 is 0 Å². The highest BCUT2D eigenvalue weighted by molar-refractivity contribution is 5.66. The first kappa shape index (κ1) is 22.7. The second kappa shape index (κ2) is 12.0. The molecule has 0 fully saturated rings. The smallest absolute Gasteiger partial charge is 0.233 e. The Morgan fingerprint density at radius 3 is 2.39 bits per heavy atom. The van der Waals surface area contributed by atoms with Crippen molar-refractivity contribution < 1.29 is 14.2 Å². The molecule has 1 aromatic heterocycles. The van der Waals surface area contributed by atoms with E-state index >= 15 is 0 Å². The van der Waals surface area contributed by atoms with Crippen LogP contribution < -0.4 is 4.74 Å². The van der Waals surface area contributed by atoms with Crippen molar-refractivity contribution in [2.24, 2.45) is 0 Å². The number of ether oxygens (including phenoxy) is 1. The van der Waals surface area contributed by atoms with E-state index in [-0.39, 0.29) is 11.6 Å². The second-order valence-electron chi connectivity index (χ2n) is 7.53. The number of rotatable bonds is 12. The quantitative estimate of drug-likeness (QED) is 0.393. The van der Waals surface area contributed by atoms with E-state index in [2.05, 4.69) is 22.0 Å². The third-order valence-electron chi connectivity index (χ3n) is 5.21. The molecule has 3 rings (SSSR count). The Labute approximate surface area is 183 Å². The van der Waals surface area contributed by atoms with Gasteiger partial charge in [-0.05, 0) is 61.8 Å². The number of nitrogens with zero attached hydrogens (tertiary/aromatic N) is 3. The Bertz CT molecular complexity index is 917. The van der Waals surface area contributed by atoms with Crippen LogP contribution >= 0.6 is 0 Å². The Hall–Kier alpha value is -2.99. The molecule has 0 radical (unpaired) electrons. The lowest BCUT2D eigenvalue weighted by atomic mass is 10.1. The van der Waals surface area contributed by atoms with E-state index in [1.165, 1.54) is 12.1 Å². The summed E-state index contributed by atoms with van der Waals surface area (Å²) in [5.41, 5.74) is 2.42. The van der Waals surface area contributed by atoms with E-state index in [1.54, 1.807) is 30.3 Å². The molecule has 0 saturated carbocycles. The summed E-state index contributed by atoms with van der Waals surface area (Å²) >= 11 is 0. The number of para-hydroxylation sites is 1. The number of benzene rings is 2. The van der Waals surface area contributed by atoms with E-state index in [0.29, 0.717) is 23.7 Å². The van der Waals surface area contributed by atoms with Crippen molar-refractivity contribution in [1.82, 2.24) is 15.1 Å². The Balaban J connectivity index is 1.30. The third kappa shape index (κ3) is 7.33. The van der Waals surface area contributed by atoms with Gasteiger partial charge in [-0.3, -0.25) is 4.90 Å². The average molecular weight is 424 g/mol. The van der Waals surface area contributed by atoms with Crippen LogP contribution in [0.25, 0.3) is 11.3 Å². The van der Waals surface area contributed by atoms with Gasteiger partial charge in [-0.2, -0.15) is 0 Å². The summed E-state index contributed by atoms with van der Waals surface area (Å²) in [4.78, 5) is 2.38. The van der Waals surface area contributed by atoms with Gasteiger partial charge in [0.2, 0.25) is 5.88 Å². The number of aromatic nitrogens is 2. The molecule has 3 aromatic rings. The minimum Gasteiger partial charge on any atom is -0.507 e. The molecule has 0 atom stereocenters. The highest BCUT2D eigenvalue weighted by Crippen LogP contribution is 2.26. The predicted molar refractivity (Wildman–Crippen MR) is 120 cm³/mol. The first-order chi connectivity index (χ1) is 15.2. The highest BCUT2D eigenvalue weighted by atomic mass is 19.1. The molecule has 0 amide bonds. The SMILES string of the molecule is CCN(CCCCCCOc1ccc(-c2ccccc2O)nn1)Cc1ccc(F)cc1. The molecule has 6 heteroatoms. The van der Waals surface area contributed by atoms with Crippen molar-refractivity contribution in [1.29, 1.82) is 0 Å². The minimum absolute atomic E-state index is 0.185. The van der Waals surface area contributed by atoms with E-state index in [1.807, 2.05) is 18.2 Å². The van der Waals surface area contributed by atoms with E-state index in [0.717, 1.165) is 50.9 Å². The van der Waals surface area contributed by atoms with Gasteiger partial charge in [0.1, 0.15) is 11.6 Å². The monoisotopic (exact) mass is 423 g/mol. The number of unbranched alkanes of at least 4 members (excludes halogenated alkanes) is 3. The standard InChI is InChI=1S/C25H30FN3O2/c1-2-29(19-20-11-13-21(26)14-12-20)17-7-3-4-8-18-31-25-16-15-23(27-28-25)22-9-5-6-10-24(22)30/h5-6,9-16,30H,2-4,7-8,17-19H2,1H3. The third-order valence-corrected chi connectivity index (χ3v) is 5.21. The summed E-state index contributed by atoms with van der Waals surface area (Å²) in [7, 11) is 0. The number of phenolic OH excluding ortho intramolecular Hbond substituents is 1. The lowest BCUT2D eigenvalue weighted by Gasteiger charge is -2.20. The average Bonchev–Trinajstić information content (AvgIpc) is 2.80. The molecular weight excluding hydrogens is 393 g/mol. The molecule has 164 valence electrons. The number of hydrogen-bond acceptors (Lipinski definition) is 5. The van der Waals surface area contributed by atoms with Gasteiger partial charge in [0.15, 0.2) is 0 Å². The molecule has 1 heterocycles. The van der Waals surface area contributed by atoms with Crippen LogP contribution in [-0.2, 0) is 6.54 Å². The lowest BCUT2D eigenvalue weighted by Crippen LogP contribution is -2.24. The molecule has 0 aliphatic rings. The molecular formula is C25H30FN3O2. The summed E-state index contributed by atoms with van der Waals surface area (Å²) in [5, 5.41) is 18.1. The molecule has 31 heavy (non-hydrogen) atoms. The van der Waals surface area contributed by atoms with Gasteiger partial charge >= 0.3 is 0 Å². The fourth-order valence-electron chi connectivity index (χ4n) is 3.40. The number of halogens is 1. The normalized spacial score (nSPS) is 11.1. The van der Waals surface area contributed by atoms with Gasteiger partial charge in [0.05, 0.1) is 12.3 Å². The van der Waals surface area contributed by atoms with Gasteiger partial charge in [0.25, 0.3) is 0 Å². The number of aromatic hydroxyl groups is 1. The van der Waals surface area contributed by atoms with Crippen LogP contribution in [0.2, 0.25) is 0 Å². The van der Waals surface area contributed by atoms with Crippen molar-refractivity contribution in [2.75, 3.05) is 19.7 Å². The van der Waals surface area contributed by atoms with Gasteiger partial charge in [-0.15, -0.1) is 10.2 Å². The zero-order valence-corrected chi connectivity index (χ0v) is 18.0. The maximum absolute atomic E-state index is 13.0. The van der Waals surface area contributed by atoms with Gasteiger partial charge < -0.3 is 9.84 Å². The summed E-state index contributed by atoms with van der Waals surface area (Å²) in [5.74, 6) is 0.492. The molecule has 0 aliphatic heterocycles. The Kier molecular flexibility index (Phi) is 8.79. The molecule has 0 aliphatic carbocycles. The number of hydrogen-bond donors (Lipinski definition) is 1. The summed E-state index contributed by atoms with van der Waals surface area (Å²) in [6.07, 6.45) is 4.33. The molecule has 0 unspecified atom stereocenters. The predicted octanol–water partition coefficient (Wildman–Crippen LogP) is 5.45. The van der Waals surface area contributed by atoms with Crippen LogP contribution in [0.5, 0.6) is 11.6 Å². The van der Waals surface area contributed by atoms with E-state index < -0.39 is 0 Å². The molecule has 5 nitrogen and oxygen atoms in total. The van der Waals surface area contributed by atoms with Crippen LogP contribution in [0.1, 0.15) is 38.2 Å².